The fourth-order valence-electron chi connectivity index (χ4n) is 2.72. The third kappa shape index (κ3) is 2.16. The van der Waals surface area contributed by atoms with Crippen molar-refractivity contribution < 1.29 is 9.47 Å². The van der Waals surface area contributed by atoms with E-state index in [2.05, 4.69) is 4.90 Å². The molecule has 1 saturated heterocycles. The van der Waals surface area contributed by atoms with Gasteiger partial charge in [-0.3, -0.25) is 4.90 Å². The zero-order valence-corrected chi connectivity index (χ0v) is 10.9. The lowest BCUT2D eigenvalue weighted by atomic mass is 10.1. The second-order valence-electron chi connectivity index (χ2n) is 4.81. The summed E-state index contributed by atoms with van der Waals surface area (Å²) in [6.07, 6.45) is 2.41. The van der Waals surface area contributed by atoms with E-state index in [0.717, 1.165) is 30.9 Å². The monoisotopic (exact) mass is 268 g/mol. The summed E-state index contributed by atoms with van der Waals surface area (Å²) in [5.74, 6) is 1.42. The average molecular weight is 269 g/mol. The van der Waals surface area contributed by atoms with Crippen LogP contribution in [0.25, 0.3) is 0 Å². The topological polar surface area (TPSA) is 47.7 Å². The van der Waals surface area contributed by atoms with Gasteiger partial charge in [-0.2, -0.15) is 0 Å². The minimum absolute atomic E-state index is 0.258. The van der Waals surface area contributed by atoms with E-state index < -0.39 is 0 Å². The van der Waals surface area contributed by atoms with Gasteiger partial charge in [0.05, 0.1) is 5.02 Å². The summed E-state index contributed by atoms with van der Waals surface area (Å²) in [5, 5.41) is 0.628. The van der Waals surface area contributed by atoms with E-state index in [-0.39, 0.29) is 6.79 Å². The Kier molecular flexibility index (Phi) is 3.33. The van der Waals surface area contributed by atoms with E-state index in [1.807, 2.05) is 12.1 Å². The minimum atomic E-state index is 0.258. The van der Waals surface area contributed by atoms with E-state index in [4.69, 9.17) is 26.8 Å². The number of hydrogen-bond donors (Lipinski definition) is 1. The van der Waals surface area contributed by atoms with E-state index >= 15 is 0 Å². The molecular formula is C13H17ClN2O2. The van der Waals surface area contributed by atoms with Gasteiger partial charge < -0.3 is 15.2 Å². The molecule has 0 aliphatic carbocycles. The lowest BCUT2D eigenvalue weighted by Gasteiger charge is -2.23. The molecule has 3 rings (SSSR count). The van der Waals surface area contributed by atoms with Crippen molar-refractivity contribution in [3.05, 3.63) is 22.7 Å². The van der Waals surface area contributed by atoms with Crippen LogP contribution in [0.5, 0.6) is 11.5 Å². The van der Waals surface area contributed by atoms with Crippen molar-refractivity contribution in [3.63, 3.8) is 0 Å². The molecular weight excluding hydrogens is 252 g/mol. The van der Waals surface area contributed by atoms with Crippen LogP contribution in [0, 0.1) is 0 Å². The second kappa shape index (κ2) is 4.96. The first-order valence-electron chi connectivity index (χ1n) is 6.30. The number of benzene rings is 1. The van der Waals surface area contributed by atoms with Crippen molar-refractivity contribution in [3.8, 4) is 11.5 Å². The Hall–Kier alpha value is -0.970. The highest BCUT2D eigenvalue weighted by Gasteiger charge is 2.24. The molecule has 0 amide bonds. The van der Waals surface area contributed by atoms with Gasteiger partial charge in [0.25, 0.3) is 0 Å². The summed E-state index contributed by atoms with van der Waals surface area (Å²) >= 11 is 6.18. The Labute approximate surface area is 112 Å². The van der Waals surface area contributed by atoms with Gasteiger partial charge in [-0.15, -0.1) is 0 Å². The molecule has 0 spiro atoms. The standard InChI is InChI=1S/C13H17ClN2O2/c14-11-4-9(5-12-13(11)18-8-17-12)7-16-3-1-2-10(16)6-15/h4-5,10H,1-3,6-8,15H2. The Morgan fingerprint density at radius 2 is 2.28 bits per heavy atom. The maximum atomic E-state index is 6.18. The zero-order chi connectivity index (χ0) is 12.5. The molecule has 18 heavy (non-hydrogen) atoms. The minimum Gasteiger partial charge on any atom is -0.454 e. The molecule has 0 saturated carbocycles. The Balaban J connectivity index is 1.79. The normalized spacial score (nSPS) is 22.7. The summed E-state index contributed by atoms with van der Waals surface area (Å²) in [5.41, 5.74) is 6.94. The lowest BCUT2D eigenvalue weighted by molar-refractivity contribution is 0.174. The smallest absolute Gasteiger partial charge is 0.231 e. The van der Waals surface area contributed by atoms with Gasteiger partial charge >= 0.3 is 0 Å². The summed E-state index contributed by atoms with van der Waals surface area (Å²) < 4.78 is 10.7. The number of nitrogens with zero attached hydrogens (tertiary/aromatic N) is 1. The first-order chi connectivity index (χ1) is 8.78. The summed E-state index contributed by atoms with van der Waals surface area (Å²) in [6, 6.07) is 4.47. The van der Waals surface area contributed by atoms with Crippen LogP contribution in [0.3, 0.4) is 0 Å². The first kappa shape index (κ1) is 12.1. The molecule has 0 bridgehead atoms. The molecule has 1 unspecified atom stereocenters. The van der Waals surface area contributed by atoms with Gasteiger partial charge in [-0.25, -0.2) is 0 Å². The van der Waals surface area contributed by atoms with Gasteiger partial charge in [0, 0.05) is 19.1 Å². The fraction of sp³-hybridized carbons (Fsp3) is 0.538. The predicted octanol–water partition coefficient (Wildman–Crippen LogP) is 1.99. The van der Waals surface area contributed by atoms with Crippen LogP contribution in [-0.4, -0.2) is 30.8 Å². The van der Waals surface area contributed by atoms with Gasteiger partial charge in [0.1, 0.15) is 0 Å². The maximum absolute atomic E-state index is 6.18. The SMILES string of the molecule is NCC1CCCN1Cc1cc(Cl)c2c(c1)OCO2. The number of halogens is 1. The Morgan fingerprint density at radius 1 is 1.39 bits per heavy atom. The van der Waals surface area contributed by atoms with Crippen LogP contribution < -0.4 is 15.2 Å². The first-order valence-corrected chi connectivity index (χ1v) is 6.68. The number of likely N-dealkylation sites (tertiary alicyclic amines) is 1. The molecule has 2 aliphatic heterocycles. The predicted molar refractivity (Wildman–Crippen MR) is 70.1 cm³/mol. The van der Waals surface area contributed by atoms with Crippen LogP contribution in [0.15, 0.2) is 12.1 Å². The molecule has 1 aromatic carbocycles. The lowest BCUT2D eigenvalue weighted by Crippen LogP contribution is -2.34. The van der Waals surface area contributed by atoms with Crippen LogP contribution in [0.2, 0.25) is 5.02 Å². The molecule has 0 radical (unpaired) electrons. The highest BCUT2D eigenvalue weighted by atomic mass is 35.5. The number of nitrogens with two attached hydrogens (primary N) is 1. The summed E-state index contributed by atoms with van der Waals surface area (Å²) in [7, 11) is 0. The highest BCUT2D eigenvalue weighted by molar-refractivity contribution is 6.32. The van der Waals surface area contributed by atoms with Crippen LogP contribution in [-0.2, 0) is 6.54 Å². The molecule has 1 fully saturated rings. The largest absolute Gasteiger partial charge is 0.454 e. The zero-order valence-electron chi connectivity index (χ0n) is 10.2. The van der Waals surface area contributed by atoms with Crippen molar-refractivity contribution in [2.24, 2.45) is 5.73 Å². The third-order valence-electron chi connectivity index (χ3n) is 3.64. The molecule has 4 nitrogen and oxygen atoms in total. The second-order valence-corrected chi connectivity index (χ2v) is 5.22. The van der Waals surface area contributed by atoms with Crippen molar-refractivity contribution in [2.45, 2.75) is 25.4 Å². The number of hydrogen-bond acceptors (Lipinski definition) is 4. The molecule has 2 aliphatic rings. The van der Waals surface area contributed by atoms with Crippen LogP contribution in [0.1, 0.15) is 18.4 Å². The Bertz CT molecular complexity index is 453. The number of rotatable bonds is 3. The van der Waals surface area contributed by atoms with Crippen LogP contribution in [0.4, 0.5) is 0 Å². The summed E-state index contributed by atoms with van der Waals surface area (Å²) in [4.78, 5) is 2.41. The molecule has 2 heterocycles. The average Bonchev–Trinajstić information content (AvgIpc) is 2.97. The van der Waals surface area contributed by atoms with E-state index in [1.165, 1.54) is 12.8 Å². The van der Waals surface area contributed by atoms with Crippen molar-refractivity contribution in [1.29, 1.82) is 0 Å². The van der Waals surface area contributed by atoms with E-state index in [0.29, 0.717) is 16.8 Å². The van der Waals surface area contributed by atoms with E-state index in [9.17, 15) is 0 Å². The van der Waals surface area contributed by atoms with E-state index in [1.54, 1.807) is 0 Å². The highest BCUT2D eigenvalue weighted by Crippen LogP contribution is 2.40. The van der Waals surface area contributed by atoms with Gasteiger partial charge in [0.15, 0.2) is 11.5 Å². The third-order valence-corrected chi connectivity index (χ3v) is 3.92. The molecule has 0 aromatic heterocycles. The molecule has 1 atom stereocenters. The van der Waals surface area contributed by atoms with Crippen molar-refractivity contribution in [2.75, 3.05) is 19.9 Å². The quantitative estimate of drug-likeness (QED) is 0.911. The Morgan fingerprint density at radius 3 is 3.11 bits per heavy atom. The van der Waals surface area contributed by atoms with Crippen LogP contribution >= 0.6 is 11.6 Å². The van der Waals surface area contributed by atoms with Gasteiger partial charge in [0.2, 0.25) is 6.79 Å². The maximum Gasteiger partial charge on any atom is 0.231 e. The molecule has 98 valence electrons. The number of ether oxygens (including phenoxy) is 2. The van der Waals surface area contributed by atoms with Gasteiger partial charge in [-0.05, 0) is 37.1 Å². The van der Waals surface area contributed by atoms with Crippen molar-refractivity contribution in [1.82, 2.24) is 4.90 Å². The molecule has 2 N–H and O–H groups in total. The molecule has 1 aromatic rings. The molecule has 5 heteroatoms. The fourth-order valence-corrected chi connectivity index (χ4v) is 3.00. The summed E-state index contributed by atoms with van der Waals surface area (Å²) in [6.45, 7) is 2.96. The van der Waals surface area contributed by atoms with Crippen molar-refractivity contribution >= 4 is 11.6 Å². The number of fused-ring (bicyclic) bond motifs is 1. The van der Waals surface area contributed by atoms with Gasteiger partial charge in [-0.1, -0.05) is 11.6 Å².